The minimum atomic E-state index is -3.81. The van der Waals surface area contributed by atoms with Crippen LogP contribution in [0.25, 0.3) is 21.9 Å². The molecule has 1 saturated carbocycles. The normalized spacial score (nSPS) is 20.8. The maximum absolute atomic E-state index is 15.1. The molecule has 228 valence electrons. The van der Waals surface area contributed by atoms with Crippen LogP contribution in [0.4, 0.5) is 25.5 Å². The lowest BCUT2D eigenvalue weighted by atomic mass is 10.0. The van der Waals surface area contributed by atoms with Gasteiger partial charge in [0.25, 0.3) is 5.16 Å². The standard InChI is InChI=1S/C28H37FN6O6S/c1-27(2,3)40-25(36)30-18-12-16-9-14(18)13-35(16)23-20-17-10-15(29)11-19(34(7)26(37)41-28(4,5)6)21(17)31-22(20)32-24(33-23)42(8,38)39/h10-11,14,16,18H,9,12-13H2,1-8H3,(H,30,36)(H,31,32,33). The first kappa shape index (κ1) is 29.8. The summed E-state index contributed by atoms with van der Waals surface area (Å²) in [5, 5.41) is 3.44. The van der Waals surface area contributed by atoms with Gasteiger partial charge in [-0.15, -0.1) is 0 Å². The van der Waals surface area contributed by atoms with E-state index in [2.05, 4.69) is 20.3 Å². The van der Waals surface area contributed by atoms with Crippen molar-refractivity contribution in [2.24, 2.45) is 5.92 Å². The molecule has 0 radical (unpaired) electrons. The Bertz CT molecular complexity index is 1690. The molecule has 12 nitrogen and oxygen atoms in total. The summed E-state index contributed by atoms with van der Waals surface area (Å²) in [6.45, 7) is 11.1. The van der Waals surface area contributed by atoms with Crippen LogP contribution in [0.3, 0.4) is 0 Å². The first-order valence-electron chi connectivity index (χ1n) is 13.8. The smallest absolute Gasteiger partial charge is 0.414 e. The number of hydrogen-bond donors (Lipinski definition) is 2. The number of piperidine rings is 1. The zero-order valence-electron chi connectivity index (χ0n) is 25.0. The lowest BCUT2D eigenvalue weighted by Gasteiger charge is -2.33. The average molecular weight is 605 g/mol. The van der Waals surface area contributed by atoms with Crippen molar-refractivity contribution in [3.8, 4) is 0 Å². The zero-order chi connectivity index (χ0) is 30.9. The number of alkyl carbamates (subject to hydrolysis) is 1. The van der Waals surface area contributed by atoms with Gasteiger partial charge in [-0.2, -0.15) is 4.98 Å². The fraction of sp³-hybridized carbons (Fsp3) is 0.571. The van der Waals surface area contributed by atoms with E-state index in [4.69, 9.17) is 9.47 Å². The van der Waals surface area contributed by atoms with Crippen molar-refractivity contribution in [1.29, 1.82) is 0 Å². The summed E-state index contributed by atoms with van der Waals surface area (Å²) >= 11 is 0. The fourth-order valence-corrected chi connectivity index (χ4v) is 6.23. The zero-order valence-corrected chi connectivity index (χ0v) is 25.8. The number of H-pyrrole nitrogens is 1. The fourth-order valence-electron chi connectivity index (χ4n) is 5.72. The number of benzene rings is 1. The highest BCUT2D eigenvalue weighted by molar-refractivity contribution is 7.90. The number of halogens is 1. The molecule has 2 aromatic heterocycles. The van der Waals surface area contributed by atoms with Gasteiger partial charge in [-0.05, 0) is 72.4 Å². The number of rotatable bonds is 4. The van der Waals surface area contributed by atoms with Crippen LogP contribution in [-0.4, -0.2) is 78.7 Å². The minimum absolute atomic E-state index is 0.0529. The first-order valence-corrected chi connectivity index (χ1v) is 15.7. The summed E-state index contributed by atoms with van der Waals surface area (Å²) in [7, 11) is -2.34. The number of fused-ring (bicyclic) bond motifs is 5. The minimum Gasteiger partial charge on any atom is -0.444 e. The van der Waals surface area contributed by atoms with Gasteiger partial charge in [0.15, 0.2) is 0 Å². The van der Waals surface area contributed by atoms with Crippen molar-refractivity contribution >= 4 is 55.5 Å². The van der Waals surface area contributed by atoms with Gasteiger partial charge < -0.3 is 24.7 Å². The molecule has 2 bridgehead atoms. The second-order valence-corrected chi connectivity index (χ2v) is 15.0. The number of nitrogens with zero attached hydrogens (tertiary/aromatic N) is 4. The molecule has 5 rings (SSSR count). The molecule has 14 heteroatoms. The number of anilines is 2. The Morgan fingerprint density at radius 1 is 1.10 bits per heavy atom. The van der Waals surface area contributed by atoms with E-state index in [0.29, 0.717) is 35.1 Å². The molecule has 3 unspecified atom stereocenters. The van der Waals surface area contributed by atoms with Crippen molar-refractivity contribution in [3.63, 3.8) is 0 Å². The number of carbonyl (C=O) groups is 2. The van der Waals surface area contributed by atoms with Gasteiger partial charge in [-0.3, -0.25) is 4.90 Å². The molecule has 1 aliphatic heterocycles. The number of hydrogen-bond acceptors (Lipinski definition) is 9. The summed E-state index contributed by atoms with van der Waals surface area (Å²) < 4.78 is 51.2. The number of aromatic amines is 1. The summed E-state index contributed by atoms with van der Waals surface area (Å²) in [5.74, 6) is -0.173. The van der Waals surface area contributed by atoms with Crippen molar-refractivity contribution in [2.45, 2.75) is 82.8 Å². The van der Waals surface area contributed by atoms with Crippen LogP contribution in [-0.2, 0) is 19.3 Å². The predicted octanol–water partition coefficient (Wildman–Crippen LogP) is 4.52. The molecular formula is C28H37FN6O6S. The second kappa shape index (κ2) is 9.96. The second-order valence-electron chi connectivity index (χ2n) is 13.1. The van der Waals surface area contributed by atoms with Crippen LogP contribution in [0.2, 0.25) is 0 Å². The van der Waals surface area contributed by atoms with Gasteiger partial charge in [0.05, 0.1) is 16.6 Å². The van der Waals surface area contributed by atoms with Crippen LogP contribution >= 0.6 is 0 Å². The molecule has 1 aliphatic carbocycles. The number of nitrogens with one attached hydrogen (secondary N) is 2. The molecule has 2 aliphatic rings. The Labute approximate surface area is 243 Å². The highest BCUT2D eigenvalue weighted by Gasteiger charge is 2.47. The lowest BCUT2D eigenvalue weighted by Crippen LogP contribution is -2.47. The quantitative estimate of drug-likeness (QED) is 0.410. The van der Waals surface area contributed by atoms with Gasteiger partial charge in [-0.25, -0.2) is 27.4 Å². The monoisotopic (exact) mass is 604 g/mol. The van der Waals surface area contributed by atoms with Crippen LogP contribution in [0.15, 0.2) is 17.3 Å². The van der Waals surface area contributed by atoms with Crippen LogP contribution in [0.5, 0.6) is 0 Å². The molecule has 1 aromatic carbocycles. The number of ether oxygens (including phenoxy) is 2. The molecule has 3 atom stereocenters. The number of carbonyl (C=O) groups excluding carboxylic acids is 2. The Balaban J connectivity index is 1.57. The molecule has 3 aromatic rings. The summed E-state index contributed by atoms with van der Waals surface area (Å²) in [6, 6.07) is 2.36. The number of aromatic nitrogens is 3. The molecule has 0 spiro atoms. The Kier molecular flexibility index (Phi) is 7.06. The molecule has 2 N–H and O–H groups in total. The van der Waals surface area contributed by atoms with E-state index in [1.165, 1.54) is 24.1 Å². The maximum atomic E-state index is 15.1. The van der Waals surface area contributed by atoms with E-state index in [9.17, 15) is 18.0 Å². The Morgan fingerprint density at radius 2 is 1.76 bits per heavy atom. The van der Waals surface area contributed by atoms with Crippen molar-refractivity contribution in [1.82, 2.24) is 20.3 Å². The third kappa shape index (κ3) is 5.81. The van der Waals surface area contributed by atoms with E-state index in [-0.39, 0.29) is 34.5 Å². The van der Waals surface area contributed by atoms with E-state index in [1.807, 2.05) is 4.90 Å². The molecule has 1 saturated heterocycles. The Morgan fingerprint density at radius 3 is 2.33 bits per heavy atom. The van der Waals surface area contributed by atoms with Crippen LogP contribution in [0, 0.1) is 11.7 Å². The Hall–Kier alpha value is -3.68. The van der Waals surface area contributed by atoms with Crippen molar-refractivity contribution in [3.05, 3.63) is 17.9 Å². The number of amides is 2. The van der Waals surface area contributed by atoms with E-state index >= 15 is 4.39 Å². The van der Waals surface area contributed by atoms with Crippen LogP contribution < -0.4 is 15.1 Å². The topological polar surface area (TPSA) is 147 Å². The van der Waals surface area contributed by atoms with Crippen LogP contribution in [0.1, 0.15) is 54.4 Å². The highest BCUT2D eigenvalue weighted by atomic mass is 32.2. The molecular weight excluding hydrogens is 567 g/mol. The third-order valence-electron chi connectivity index (χ3n) is 7.34. The van der Waals surface area contributed by atoms with E-state index in [0.717, 1.165) is 12.7 Å². The lowest BCUT2D eigenvalue weighted by molar-refractivity contribution is 0.0490. The summed E-state index contributed by atoms with van der Waals surface area (Å²) in [5.41, 5.74) is -0.606. The van der Waals surface area contributed by atoms with Gasteiger partial charge in [0.1, 0.15) is 28.5 Å². The molecule has 3 heterocycles. The molecule has 2 amide bonds. The molecule has 42 heavy (non-hydrogen) atoms. The molecule has 2 fully saturated rings. The predicted molar refractivity (Wildman–Crippen MR) is 156 cm³/mol. The SMILES string of the molecule is CN(C(=O)OC(C)(C)C)c1cc(F)cc2c1[nH]c1nc(S(C)(=O)=O)nc(N3CC4CC3CC4NC(=O)OC(C)(C)C)c12. The maximum Gasteiger partial charge on any atom is 0.414 e. The summed E-state index contributed by atoms with van der Waals surface area (Å²) in [4.78, 5) is 40.4. The van der Waals surface area contributed by atoms with E-state index in [1.54, 1.807) is 41.5 Å². The summed E-state index contributed by atoms with van der Waals surface area (Å²) in [6.07, 6.45) is 1.22. The van der Waals surface area contributed by atoms with Gasteiger partial charge in [0.2, 0.25) is 9.84 Å². The highest BCUT2D eigenvalue weighted by Crippen LogP contribution is 2.44. The average Bonchev–Trinajstić information content (AvgIpc) is 3.52. The largest absolute Gasteiger partial charge is 0.444 e. The van der Waals surface area contributed by atoms with Crippen molar-refractivity contribution < 1.29 is 31.9 Å². The number of sulfone groups is 1. The van der Waals surface area contributed by atoms with Gasteiger partial charge in [0, 0.05) is 37.3 Å². The third-order valence-corrected chi connectivity index (χ3v) is 8.19. The van der Waals surface area contributed by atoms with Gasteiger partial charge in [-0.1, -0.05) is 0 Å². The van der Waals surface area contributed by atoms with Crippen molar-refractivity contribution in [2.75, 3.05) is 29.6 Å². The first-order chi connectivity index (χ1) is 19.3. The van der Waals surface area contributed by atoms with E-state index < -0.39 is 39.0 Å². The van der Waals surface area contributed by atoms with Gasteiger partial charge >= 0.3 is 12.2 Å².